The maximum absolute atomic E-state index is 12.8. The van der Waals surface area contributed by atoms with Gasteiger partial charge < -0.3 is 9.84 Å². The van der Waals surface area contributed by atoms with Crippen molar-refractivity contribution in [2.75, 3.05) is 11.9 Å². The Kier molecular flexibility index (Phi) is 4.36. The van der Waals surface area contributed by atoms with Gasteiger partial charge in [-0.3, -0.25) is 0 Å². The molecule has 0 saturated carbocycles. The van der Waals surface area contributed by atoms with Crippen LogP contribution in [0.15, 0.2) is 10.6 Å². The van der Waals surface area contributed by atoms with Crippen LogP contribution in [0, 0.1) is 20.8 Å². The minimum absolute atomic E-state index is 0.0828. The first-order valence-electron chi connectivity index (χ1n) is 7.73. The second kappa shape index (κ2) is 6.34. The second-order valence-electron chi connectivity index (χ2n) is 5.76. The minimum atomic E-state index is -4.61. The molecule has 0 saturated heterocycles. The van der Waals surface area contributed by atoms with Gasteiger partial charge in [0.25, 0.3) is 11.6 Å². The maximum atomic E-state index is 12.8. The van der Waals surface area contributed by atoms with Gasteiger partial charge in [-0.1, -0.05) is 5.16 Å². The van der Waals surface area contributed by atoms with Crippen molar-refractivity contribution in [2.24, 2.45) is 0 Å². The molecule has 3 rings (SSSR count). The predicted molar refractivity (Wildman–Crippen MR) is 83.3 cm³/mol. The average Bonchev–Trinajstić information content (AvgIpc) is 3.08. The third kappa shape index (κ3) is 3.57. The molecule has 0 aromatic carbocycles. The monoisotopic (exact) mass is 354 g/mol. The molecule has 0 atom stereocenters. The summed E-state index contributed by atoms with van der Waals surface area (Å²) >= 11 is 0. The lowest BCUT2D eigenvalue weighted by Gasteiger charge is -2.08. The molecule has 0 aliphatic carbocycles. The fourth-order valence-corrected chi connectivity index (χ4v) is 2.57. The van der Waals surface area contributed by atoms with Gasteiger partial charge in [0, 0.05) is 23.9 Å². The normalized spacial score (nSPS) is 12.1. The van der Waals surface area contributed by atoms with Crippen LogP contribution in [0.4, 0.5) is 19.0 Å². The van der Waals surface area contributed by atoms with E-state index in [9.17, 15) is 13.2 Å². The molecule has 134 valence electrons. The number of fused-ring (bicyclic) bond motifs is 1. The van der Waals surface area contributed by atoms with Crippen molar-refractivity contribution in [1.29, 1.82) is 0 Å². The van der Waals surface area contributed by atoms with Gasteiger partial charge in [0.15, 0.2) is 0 Å². The van der Waals surface area contributed by atoms with Gasteiger partial charge in [-0.15, -0.1) is 5.10 Å². The summed E-state index contributed by atoms with van der Waals surface area (Å²) in [5.41, 5.74) is 2.46. The third-order valence-electron chi connectivity index (χ3n) is 3.78. The van der Waals surface area contributed by atoms with Crippen LogP contribution in [0.2, 0.25) is 0 Å². The van der Waals surface area contributed by atoms with E-state index >= 15 is 0 Å². The molecule has 0 unspecified atom stereocenters. The lowest BCUT2D eigenvalue weighted by molar-refractivity contribution is -0.144. The highest BCUT2D eigenvalue weighted by Crippen LogP contribution is 2.27. The zero-order valence-electron chi connectivity index (χ0n) is 14.0. The first-order chi connectivity index (χ1) is 11.8. The van der Waals surface area contributed by atoms with E-state index in [2.05, 4.69) is 25.5 Å². The summed E-state index contributed by atoms with van der Waals surface area (Å²) in [5, 5.41) is 10.5. The number of nitrogens with one attached hydrogen (secondary N) is 1. The lowest BCUT2D eigenvalue weighted by atomic mass is 10.1. The molecule has 0 amide bonds. The number of anilines is 1. The summed E-state index contributed by atoms with van der Waals surface area (Å²) in [5.74, 6) is -0.0834. The summed E-state index contributed by atoms with van der Waals surface area (Å²) < 4.78 is 44.6. The summed E-state index contributed by atoms with van der Waals surface area (Å²) in [7, 11) is 0. The topological polar surface area (TPSA) is 81.1 Å². The predicted octanol–water partition coefficient (Wildman–Crippen LogP) is 3.10. The van der Waals surface area contributed by atoms with E-state index in [4.69, 9.17) is 4.52 Å². The number of aryl methyl sites for hydroxylation is 3. The number of hydrogen-bond acceptors (Lipinski definition) is 6. The molecule has 0 aliphatic heterocycles. The molecule has 3 aromatic heterocycles. The Bertz CT molecular complexity index is 879. The van der Waals surface area contributed by atoms with Crippen LogP contribution in [-0.2, 0) is 12.6 Å². The van der Waals surface area contributed by atoms with Crippen molar-refractivity contribution >= 4 is 11.6 Å². The molecule has 0 fully saturated rings. The van der Waals surface area contributed by atoms with Crippen molar-refractivity contribution in [3.05, 3.63) is 34.6 Å². The molecule has 7 nitrogen and oxygen atoms in total. The Balaban J connectivity index is 1.73. The van der Waals surface area contributed by atoms with Crippen molar-refractivity contribution in [1.82, 2.24) is 24.7 Å². The highest BCUT2D eigenvalue weighted by Gasteiger charge is 2.36. The van der Waals surface area contributed by atoms with E-state index in [0.29, 0.717) is 18.1 Å². The van der Waals surface area contributed by atoms with Crippen LogP contribution in [-0.4, -0.2) is 31.3 Å². The molecule has 3 aromatic rings. The molecular formula is C15H17F3N6O. The Hall–Kier alpha value is -2.65. The van der Waals surface area contributed by atoms with Crippen LogP contribution in [0.1, 0.15) is 35.0 Å². The molecule has 0 radical (unpaired) electrons. The quantitative estimate of drug-likeness (QED) is 0.709. The van der Waals surface area contributed by atoms with Crippen LogP contribution < -0.4 is 5.32 Å². The molecule has 10 heteroatoms. The SMILES string of the molecule is Cc1cc(NCCCc2c(C)noc2C)n2nc(C(F)(F)F)nc2n1. The molecule has 0 bridgehead atoms. The van der Waals surface area contributed by atoms with Crippen LogP contribution in [0.25, 0.3) is 5.78 Å². The van der Waals surface area contributed by atoms with Crippen LogP contribution in [0.3, 0.4) is 0 Å². The van der Waals surface area contributed by atoms with Crippen molar-refractivity contribution in [3.8, 4) is 0 Å². The highest BCUT2D eigenvalue weighted by atomic mass is 19.4. The fraction of sp³-hybridized carbons (Fsp3) is 0.467. The van der Waals surface area contributed by atoms with Gasteiger partial charge in [0.2, 0.25) is 0 Å². The highest BCUT2D eigenvalue weighted by molar-refractivity contribution is 5.45. The molecule has 0 aliphatic rings. The van der Waals surface area contributed by atoms with Gasteiger partial charge >= 0.3 is 6.18 Å². The summed E-state index contributed by atoms with van der Waals surface area (Å²) in [6, 6.07) is 1.64. The van der Waals surface area contributed by atoms with E-state index in [1.165, 1.54) is 0 Å². The summed E-state index contributed by atoms with van der Waals surface area (Å²) in [6.45, 7) is 5.97. The maximum Gasteiger partial charge on any atom is 0.453 e. The molecule has 25 heavy (non-hydrogen) atoms. The van der Waals surface area contributed by atoms with E-state index in [1.807, 2.05) is 13.8 Å². The Morgan fingerprint density at radius 3 is 2.60 bits per heavy atom. The number of hydrogen-bond donors (Lipinski definition) is 1. The standard InChI is InChI=1S/C15H17F3N6O/c1-8-7-12(19-6-4-5-11-9(2)23-25-10(11)3)24-14(20-8)21-13(22-24)15(16,17)18/h7,19H,4-6H2,1-3H3. The number of alkyl halides is 3. The van der Waals surface area contributed by atoms with Crippen molar-refractivity contribution in [3.63, 3.8) is 0 Å². The Morgan fingerprint density at radius 1 is 1.20 bits per heavy atom. The summed E-state index contributed by atoms with van der Waals surface area (Å²) in [4.78, 5) is 7.44. The first kappa shape index (κ1) is 17.2. The van der Waals surface area contributed by atoms with Gasteiger partial charge in [-0.25, -0.2) is 4.98 Å². The number of aromatic nitrogens is 5. The molecule has 3 heterocycles. The molecule has 1 N–H and O–H groups in total. The van der Waals surface area contributed by atoms with Gasteiger partial charge in [-0.2, -0.15) is 22.7 Å². The Morgan fingerprint density at radius 2 is 1.96 bits per heavy atom. The zero-order chi connectivity index (χ0) is 18.2. The van der Waals surface area contributed by atoms with Gasteiger partial charge in [0.05, 0.1) is 5.69 Å². The molecule has 0 spiro atoms. The van der Waals surface area contributed by atoms with Crippen LogP contribution in [0.5, 0.6) is 0 Å². The average molecular weight is 354 g/mol. The molecular weight excluding hydrogens is 337 g/mol. The van der Waals surface area contributed by atoms with Gasteiger partial charge in [-0.05, 0) is 33.6 Å². The van der Waals surface area contributed by atoms with Gasteiger partial charge in [0.1, 0.15) is 11.6 Å². The zero-order valence-corrected chi connectivity index (χ0v) is 14.0. The van der Waals surface area contributed by atoms with Crippen molar-refractivity contribution in [2.45, 2.75) is 39.8 Å². The Labute approximate surface area is 141 Å². The van der Waals surface area contributed by atoms with E-state index in [-0.39, 0.29) is 5.78 Å². The number of rotatable bonds is 5. The largest absolute Gasteiger partial charge is 0.453 e. The number of nitrogens with zero attached hydrogens (tertiary/aromatic N) is 5. The van der Waals surface area contributed by atoms with E-state index in [1.54, 1.807) is 13.0 Å². The third-order valence-corrected chi connectivity index (χ3v) is 3.78. The van der Waals surface area contributed by atoms with E-state index < -0.39 is 12.0 Å². The smallest absolute Gasteiger partial charge is 0.370 e. The number of halogens is 3. The van der Waals surface area contributed by atoms with Crippen molar-refractivity contribution < 1.29 is 17.7 Å². The minimum Gasteiger partial charge on any atom is -0.370 e. The first-order valence-corrected chi connectivity index (χ1v) is 7.73. The fourth-order valence-electron chi connectivity index (χ4n) is 2.57. The van der Waals surface area contributed by atoms with Crippen LogP contribution >= 0.6 is 0 Å². The lowest BCUT2D eigenvalue weighted by Crippen LogP contribution is -2.10. The summed E-state index contributed by atoms with van der Waals surface area (Å²) in [6.07, 6.45) is -3.10. The van der Waals surface area contributed by atoms with E-state index in [0.717, 1.165) is 34.4 Å². The second-order valence-corrected chi connectivity index (χ2v) is 5.76.